The van der Waals surface area contributed by atoms with Crippen molar-refractivity contribution >= 4 is 5.97 Å². The van der Waals surface area contributed by atoms with Gasteiger partial charge in [0.1, 0.15) is 5.75 Å². The van der Waals surface area contributed by atoms with Gasteiger partial charge >= 0.3 is 5.97 Å². The minimum atomic E-state index is -1.07. The quantitative estimate of drug-likeness (QED) is 0.810. The highest BCUT2D eigenvalue weighted by molar-refractivity contribution is 5.94. The zero-order valence-electron chi connectivity index (χ0n) is 12.0. The molecule has 1 aliphatic heterocycles. The molecule has 0 saturated heterocycles. The number of hydrogen-bond donors (Lipinski definition) is 0. The molecule has 1 heterocycles. The van der Waals surface area contributed by atoms with Crippen LogP contribution in [0.2, 0.25) is 0 Å². The summed E-state index contributed by atoms with van der Waals surface area (Å²) in [5.41, 5.74) is 2.29. The number of carbonyl (C=O) groups excluding carboxylic acids is 1. The molecule has 0 amide bonds. The second-order valence-electron chi connectivity index (χ2n) is 4.92. The maximum Gasteiger partial charge on any atom is 0.341 e. The van der Waals surface area contributed by atoms with Gasteiger partial charge in [0.2, 0.25) is 5.79 Å². The number of cyclic esters (lactones) is 1. The molecule has 0 radical (unpaired) electrons. The van der Waals surface area contributed by atoms with Crippen LogP contribution < -0.4 is 4.74 Å². The molecule has 0 fully saturated rings. The summed E-state index contributed by atoms with van der Waals surface area (Å²) in [6.45, 7) is 0. The summed E-state index contributed by atoms with van der Waals surface area (Å²) < 4.78 is 16.4. The normalized spacial score (nSPS) is 20.0. The summed E-state index contributed by atoms with van der Waals surface area (Å²) in [6.07, 6.45) is 0.434. The van der Waals surface area contributed by atoms with Crippen molar-refractivity contribution in [2.75, 3.05) is 14.2 Å². The fourth-order valence-corrected chi connectivity index (χ4v) is 2.66. The fourth-order valence-electron chi connectivity index (χ4n) is 2.66. The molecular weight excluding hydrogens is 268 g/mol. The van der Waals surface area contributed by atoms with E-state index in [0.29, 0.717) is 12.0 Å². The number of methoxy groups -OCH3 is 2. The van der Waals surface area contributed by atoms with Crippen molar-refractivity contribution in [1.29, 1.82) is 0 Å². The molecule has 4 nitrogen and oxygen atoms in total. The lowest BCUT2D eigenvalue weighted by Gasteiger charge is -2.27. The number of rotatable bonds is 4. The van der Waals surface area contributed by atoms with Gasteiger partial charge in [-0.1, -0.05) is 30.3 Å². The lowest BCUT2D eigenvalue weighted by molar-refractivity contribution is -0.185. The molecule has 0 saturated carbocycles. The van der Waals surface area contributed by atoms with Crippen LogP contribution in [-0.4, -0.2) is 20.2 Å². The number of fused-ring (bicyclic) bond motifs is 1. The highest BCUT2D eigenvalue weighted by Crippen LogP contribution is 2.39. The predicted molar refractivity (Wildman–Crippen MR) is 77.2 cm³/mol. The van der Waals surface area contributed by atoms with Crippen LogP contribution in [0.1, 0.15) is 21.5 Å². The topological polar surface area (TPSA) is 44.8 Å². The van der Waals surface area contributed by atoms with Gasteiger partial charge in [0.05, 0.1) is 12.7 Å². The molecule has 0 aromatic heterocycles. The predicted octanol–water partition coefficient (Wildman–Crippen LogP) is 2.91. The first-order chi connectivity index (χ1) is 10.2. The molecule has 108 valence electrons. The van der Waals surface area contributed by atoms with Crippen LogP contribution in [0.5, 0.6) is 5.75 Å². The summed E-state index contributed by atoms with van der Waals surface area (Å²) in [5, 5.41) is 0. The summed E-state index contributed by atoms with van der Waals surface area (Å²) in [4.78, 5) is 12.0. The van der Waals surface area contributed by atoms with Crippen molar-refractivity contribution in [3.8, 4) is 5.75 Å². The third-order valence-electron chi connectivity index (χ3n) is 3.72. The van der Waals surface area contributed by atoms with E-state index in [1.54, 1.807) is 20.3 Å². The zero-order valence-corrected chi connectivity index (χ0v) is 12.0. The van der Waals surface area contributed by atoms with Crippen LogP contribution in [0.3, 0.4) is 0 Å². The lowest BCUT2D eigenvalue weighted by atomic mass is 9.96. The van der Waals surface area contributed by atoms with Gasteiger partial charge < -0.3 is 14.2 Å². The number of ether oxygens (including phenoxy) is 3. The summed E-state index contributed by atoms with van der Waals surface area (Å²) in [7, 11) is 3.17. The molecule has 0 aliphatic carbocycles. The second kappa shape index (κ2) is 5.22. The summed E-state index contributed by atoms with van der Waals surface area (Å²) in [5.74, 6) is -0.660. The highest BCUT2D eigenvalue weighted by atomic mass is 16.7. The Morgan fingerprint density at radius 3 is 2.67 bits per heavy atom. The maximum atomic E-state index is 12.0. The Kier molecular flexibility index (Phi) is 3.39. The van der Waals surface area contributed by atoms with Crippen LogP contribution in [0, 0.1) is 0 Å². The molecule has 2 aromatic rings. The van der Waals surface area contributed by atoms with E-state index in [9.17, 15) is 4.79 Å². The first kappa shape index (κ1) is 13.6. The van der Waals surface area contributed by atoms with Crippen molar-refractivity contribution in [3.63, 3.8) is 0 Å². The van der Waals surface area contributed by atoms with E-state index in [4.69, 9.17) is 14.2 Å². The van der Waals surface area contributed by atoms with Crippen LogP contribution in [0.25, 0.3) is 0 Å². The van der Waals surface area contributed by atoms with Crippen LogP contribution in [0.15, 0.2) is 48.5 Å². The van der Waals surface area contributed by atoms with Crippen molar-refractivity contribution in [1.82, 2.24) is 0 Å². The Morgan fingerprint density at radius 1 is 1.10 bits per heavy atom. The largest absolute Gasteiger partial charge is 0.497 e. The van der Waals surface area contributed by atoms with E-state index in [1.165, 1.54) is 0 Å². The van der Waals surface area contributed by atoms with Crippen LogP contribution in [0.4, 0.5) is 0 Å². The van der Waals surface area contributed by atoms with Crippen LogP contribution in [-0.2, 0) is 21.7 Å². The molecule has 3 rings (SSSR count). The average molecular weight is 284 g/mol. The molecule has 4 heteroatoms. The van der Waals surface area contributed by atoms with Gasteiger partial charge in [-0.25, -0.2) is 4.79 Å². The standard InChI is InChI=1S/C17H16O4/c1-19-13-7-5-6-12(10-13)11-17(20-2)15-9-4-3-8-14(15)16(18)21-17/h3-10H,11H2,1-2H3. The van der Waals surface area contributed by atoms with Gasteiger partial charge in [-0.15, -0.1) is 0 Å². The van der Waals surface area contributed by atoms with Gasteiger partial charge in [0, 0.05) is 19.1 Å². The third kappa shape index (κ3) is 2.28. The van der Waals surface area contributed by atoms with E-state index >= 15 is 0 Å². The van der Waals surface area contributed by atoms with Crippen molar-refractivity contribution in [2.45, 2.75) is 12.2 Å². The lowest BCUT2D eigenvalue weighted by Crippen LogP contribution is -2.31. The summed E-state index contributed by atoms with van der Waals surface area (Å²) >= 11 is 0. The first-order valence-electron chi connectivity index (χ1n) is 6.69. The van der Waals surface area contributed by atoms with Gasteiger partial charge in [-0.05, 0) is 23.8 Å². The number of carbonyl (C=O) groups is 1. The highest BCUT2D eigenvalue weighted by Gasteiger charge is 2.45. The monoisotopic (exact) mass is 284 g/mol. The first-order valence-corrected chi connectivity index (χ1v) is 6.69. The minimum Gasteiger partial charge on any atom is -0.497 e. The zero-order chi connectivity index (χ0) is 14.9. The molecule has 0 bridgehead atoms. The Balaban J connectivity index is 2.00. The van der Waals surface area contributed by atoms with Crippen molar-refractivity contribution in [2.24, 2.45) is 0 Å². The smallest absolute Gasteiger partial charge is 0.341 e. The molecule has 21 heavy (non-hydrogen) atoms. The fraction of sp³-hybridized carbons (Fsp3) is 0.235. The Hall–Kier alpha value is -2.33. The molecule has 1 atom stereocenters. The minimum absolute atomic E-state index is 0.352. The molecule has 2 aromatic carbocycles. The van der Waals surface area contributed by atoms with Crippen molar-refractivity contribution < 1.29 is 19.0 Å². The average Bonchev–Trinajstić information content (AvgIpc) is 2.81. The Bertz CT molecular complexity index is 680. The SMILES string of the molecule is COc1cccc(CC2(OC)OC(=O)c3ccccc32)c1. The number of esters is 1. The van der Waals surface area contributed by atoms with E-state index in [2.05, 4.69) is 0 Å². The Morgan fingerprint density at radius 2 is 1.90 bits per heavy atom. The van der Waals surface area contributed by atoms with Crippen molar-refractivity contribution in [3.05, 3.63) is 65.2 Å². The molecular formula is C17H16O4. The molecule has 0 N–H and O–H groups in total. The van der Waals surface area contributed by atoms with Gasteiger partial charge in [-0.2, -0.15) is 0 Å². The summed E-state index contributed by atoms with van der Waals surface area (Å²) in [6, 6.07) is 15.0. The maximum absolute atomic E-state index is 12.0. The third-order valence-corrected chi connectivity index (χ3v) is 3.72. The van der Waals surface area contributed by atoms with E-state index < -0.39 is 5.79 Å². The van der Waals surface area contributed by atoms with E-state index in [-0.39, 0.29) is 5.97 Å². The number of hydrogen-bond acceptors (Lipinski definition) is 4. The molecule has 0 spiro atoms. The van der Waals surface area contributed by atoms with Crippen LogP contribution >= 0.6 is 0 Å². The van der Waals surface area contributed by atoms with E-state index in [0.717, 1.165) is 16.9 Å². The second-order valence-corrected chi connectivity index (χ2v) is 4.92. The van der Waals surface area contributed by atoms with Gasteiger partial charge in [0.25, 0.3) is 0 Å². The van der Waals surface area contributed by atoms with Gasteiger partial charge in [0.15, 0.2) is 0 Å². The molecule has 1 aliphatic rings. The van der Waals surface area contributed by atoms with Gasteiger partial charge in [-0.3, -0.25) is 0 Å². The molecule has 1 unspecified atom stereocenters. The Labute approximate surface area is 123 Å². The van der Waals surface area contributed by atoms with E-state index in [1.807, 2.05) is 42.5 Å². The number of benzene rings is 2.